The van der Waals surface area contributed by atoms with Crippen molar-refractivity contribution in [1.29, 1.82) is 0 Å². The second-order valence-electron chi connectivity index (χ2n) is 10.4. The van der Waals surface area contributed by atoms with Gasteiger partial charge in [0.05, 0.1) is 24.4 Å². The summed E-state index contributed by atoms with van der Waals surface area (Å²) in [5, 5.41) is 0. The molecule has 2 aliphatic rings. The number of benzene rings is 1. The van der Waals surface area contributed by atoms with Crippen molar-refractivity contribution < 1.29 is 22.7 Å². The van der Waals surface area contributed by atoms with Crippen LogP contribution in [-0.2, 0) is 30.7 Å². The van der Waals surface area contributed by atoms with Crippen molar-refractivity contribution in [3.8, 4) is 0 Å². The maximum atomic E-state index is 13.3. The molecule has 2 aliphatic carbocycles. The molecule has 0 saturated heterocycles. The predicted molar refractivity (Wildman–Crippen MR) is 133 cm³/mol. The zero-order valence-corrected chi connectivity index (χ0v) is 23.1. The third kappa shape index (κ3) is 5.66. The SMILES string of the molecule is CCOC(=O)C1c2cc(Br)ccc2CC12CC[C@@H](OC)C[C@H]2NS(=O)(=O)CC[Si](C)(C)C. The molecule has 1 fully saturated rings. The fraction of sp³-hybridized carbons (Fsp3) is 0.696. The number of methoxy groups -OCH3 is 1. The van der Waals surface area contributed by atoms with Crippen LogP contribution >= 0.6 is 15.9 Å². The monoisotopic (exact) mass is 545 g/mol. The van der Waals surface area contributed by atoms with Crippen molar-refractivity contribution in [2.45, 2.75) is 76.4 Å². The van der Waals surface area contributed by atoms with Crippen LogP contribution in [0.1, 0.15) is 43.2 Å². The zero-order valence-electron chi connectivity index (χ0n) is 19.7. The van der Waals surface area contributed by atoms with Gasteiger partial charge < -0.3 is 9.47 Å². The molecule has 0 radical (unpaired) electrons. The minimum Gasteiger partial charge on any atom is -0.466 e. The van der Waals surface area contributed by atoms with Gasteiger partial charge in [-0.05, 0) is 61.9 Å². The average Bonchev–Trinajstić information content (AvgIpc) is 3.02. The lowest BCUT2D eigenvalue weighted by Gasteiger charge is -2.47. The molecule has 0 heterocycles. The number of nitrogens with one attached hydrogen (secondary N) is 1. The van der Waals surface area contributed by atoms with E-state index in [1.165, 1.54) is 0 Å². The Kier molecular flexibility index (Phi) is 7.97. The molecule has 0 bridgehead atoms. The molecule has 32 heavy (non-hydrogen) atoms. The summed E-state index contributed by atoms with van der Waals surface area (Å²) in [7, 11) is -3.35. The number of hydrogen-bond acceptors (Lipinski definition) is 5. The van der Waals surface area contributed by atoms with Gasteiger partial charge in [0.25, 0.3) is 0 Å². The second-order valence-corrected chi connectivity index (χ2v) is 18.8. The van der Waals surface area contributed by atoms with Crippen LogP contribution < -0.4 is 4.72 Å². The van der Waals surface area contributed by atoms with Crippen LogP contribution in [0.3, 0.4) is 0 Å². The van der Waals surface area contributed by atoms with E-state index in [-0.39, 0.29) is 17.8 Å². The molecule has 1 aromatic rings. The molecule has 1 aromatic carbocycles. The summed E-state index contributed by atoms with van der Waals surface area (Å²) in [6.07, 6.45) is 2.64. The van der Waals surface area contributed by atoms with Crippen LogP contribution in [0.15, 0.2) is 22.7 Å². The number of carbonyl (C=O) groups is 1. The van der Waals surface area contributed by atoms with Gasteiger partial charge in [-0.2, -0.15) is 0 Å². The Hall–Kier alpha value is -0.743. The minimum absolute atomic E-state index is 0.0383. The highest BCUT2D eigenvalue weighted by Crippen LogP contribution is 2.56. The van der Waals surface area contributed by atoms with E-state index in [1.54, 1.807) is 14.0 Å². The fourth-order valence-electron chi connectivity index (χ4n) is 5.22. The van der Waals surface area contributed by atoms with Crippen molar-refractivity contribution in [1.82, 2.24) is 4.72 Å². The first-order valence-electron chi connectivity index (χ1n) is 11.4. The molecule has 4 atom stereocenters. The number of rotatable bonds is 8. The first-order valence-corrected chi connectivity index (χ1v) is 17.5. The number of hydrogen-bond donors (Lipinski definition) is 1. The van der Waals surface area contributed by atoms with Gasteiger partial charge in [0, 0.05) is 31.1 Å². The van der Waals surface area contributed by atoms with E-state index in [0.29, 0.717) is 31.9 Å². The molecule has 1 spiro atoms. The summed E-state index contributed by atoms with van der Waals surface area (Å²) in [6, 6.07) is 6.32. The summed E-state index contributed by atoms with van der Waals surface area (Å²) >= 11 is 3.54. The highest BCUT2D eigenvalue weighted by atomic mass is 79.9. The lowest BCUT2D eigenvalue weighted by Crippen LogP contribution is -2.56. The highest BCUT2D eigenvalue weighted by Gasteiger charge is 2.57. The van der Waals surface area contributed by atoms with Gasteiger partial charge in [-0.15, -0.1) is 0 Å². The lowest BCUT2D eigenvalue weighted by molar-refractivity contribution is -0.150. The highest BCUT2D eigenvalue weighted by molar-refractivity contribution is 9.10. The van der Waals surface area contributed by atoms with Crippen LogP contribution in [0, 0.1) is 5.41 Å². The number of halogens is 1. The average molecular weight is 547 g/mol. The van der Waals surface area contributed by atoms with Gasteiger partial charge >= 0.3 is 5.97 Å². The summed E-state index contributed by atoms with van der Waals surface area (Å²) in [6.45, 7) is 8.62. The number of ether oxygens (including phenoxy) is 2. The fourth-order valence-corrected chi connectivity index (χ4v) is 10.0. The van der Waals surface area contributed by atoms with Crippen molar-refractivity contribution in [3.63, 3.8) is 0 Å². The molecule has 3 rings (SSSR count). The van der Waals surface area contributed by atoms with Crippen molar-refractivity contribution >= 4 is 40.0 Å². The summed E-state index contributed by atoms with van der Waals surface area (Å²) < 4.78 is 41.4. The van der Waals surface area contributed by atoms with Crippen molar-refractivity contribution in [2.24, 2.45) is 5.41 Å². The molecule has 1 N–H and O–H groups in total. The Morgan fingerprint density at radius 3 is 2.66 bits per heavy atom. The van der Waals surface area contributed by atoms with Crippen LogP contribution in [0.5, 0.6) is 0 Å². The predicted octanol–water partition coefficient (Wildman–Crippen LogP) is 4.46. The van der Waals surface area contributed by atoms with Crippen LogP contribution in [0.25, 0.3) is 0 Å². The Morgan fingerprint density at radius 2 is 2.03 bits per heavy atom. The minimum atomic E-state index is -3.50. The number of fused-ring (bicyclic) bond motifs is 1. The molecule has 1 saturated carbocycles. The second kappa shape index (κ2) is 9.86. The molecule has 9 heteroatoms. The van der Waals surface area contributed by atoms with Crippen LogP contribution in [0.2, 0.25) is 25.7 Å². The zero-order chi connectivity index (χ0) is 23.7. The van der Waals surface area contributed by atoms with E-state index in [0.717, 1.165) is 22.0 Å². The molecular formula is C23H36BrNO5SSi. The largest absolute Gasteiger partial charge is 0.466 e. The van der Waals surface area contributed by atoms with E-state index < -0.39 is 35.5 Å². The Balaban J connectivity index is 2.01. The lowest BCUT2D eigenvalue weighted by atomic mass is 9.62. The van der Waals surface area contributed by atoms with E-state index in [2.05, 4.69) is 40.3 Å². The third-order valence-electron chi connectivity index (χ3n) is 6.94. The molecule has 180 valence electrons. The van der Waals surface area contributed by atoms with E-state index in [9.17, 15) is 13.2 Å². The Labute approximate surface area is 202 Å². The molecule has 0 amide bonds. The summed E-state index contributed by atoms with van der Waals surface area (Å²) in [5.41, 5.74) is 1.48. The van der Waals surface area contributed by atoms with Gasteiger partial charge in [-0.25, -0.2) is 13.1 Å². The normalized spacial score (nSPS) is 28.0. The summed E-state index contributed by atoms with van der Waals surface area (Å²) in [4.78, 5) is 13.3. The number of esters is 1. The Bertz CT molecular complexity index is 948. The molecular weight excluding hydrogens is 510 g/mol. The molecule has 6 nitrogen and oxygen atoms in total. The van der Waals surface area contributed by atoms with Gasteiger partial charge in [0.15, 0.2) is 0 Å². The quantitative estimate of drug-likeness (QED) is 0.385. The Morgan fingerprint density at radius 1 is 1.31 bits per heavy atom. The smallest absolute Gasteiger partial charge is 0.314 e. The van der Waals surface area contributed by atoms with E-state index in [1.807, 2.05) is 18.2 Å². The number of carbonyl (C=O) groups excluding carboxylic acids is 1. The first kappa shape index (κ1) is 25.9. The standard InChI is InChI=1S/C23H36BrNO5SSi/c1-6-30-22(26)21-19-13-17(24)8-7-16(19)15-23(21)10-9-18(29-2)14-20(23)25-31(27,28)11-12-32(3,4)5/h7-8,13,18,20-21,25H,6,9-12,14-15H2,1-5H3/t18-,20-,21?,23?/m1/s1. The maximum Gasteiger partial charge on any atom is 0.314 e. The molecule has 0 aliphatic heterocycles. The number of sulfonamides is 1. The van der Waals surface area contributed by atoms with Gasteiger partial charge in [-0.3, -0.25) is 4.79 Å². The van der Waals surface area contributed by atoms with Crippen molar-refractivity contribution in [3.05, 3.63) is 33.8 Å². The van der Waals surface area contributed by atoms with Gasteiger partial charge in [0.1, 0.15) is 0 Å². The summed E-state index contributed by atoms with van der Waals surface area (Å²) in [5.74, 6) is -0.654. The van der Waals surface area contributed by atoms with E-state index in [4.69, 9.17) is 9.47 Å². The van der Waals surface area contributed by atoms with E-state index >= 15 is 0 Å². The van der Waals surface area contributed by atoms with Gasteiger partial charge in [0.2, 0.25) is 10.0 Å². The molecule has 0 aromatic heterocycles. The topological polar surface area (TPSA) is 81.7 Å². The van der Waals surface area contributed by atoms with Crippen molar-refractivity contribution in [2.75, 3.05) is 19.5 Å². The van der Waals surface area contributed by atoms with Crippen LogP contribution in [0.4, 0.5) is 0 Å². The van der Waals surface area contributed by atoms with Crippen LogP contribution in [-0.4, -0.2) is 54.1 Å². The van der Waals surface area contributed by atoms with Gasteiger partial charge in [-0.1, -0.05) is 41.6 Å². The third-order valence-corrected chi connectivity index (χ3v) is 10.9. The maximum absolute atomic E-state index is 13.3. The first-order chi connectivity index (χ1) is 14.9. The molecule has 2 unspecified atom stereocenters.